The number of carbonyl (C=O) groups is 1. The predicted octanol–water partition coefficient (Wildman–Crippen LogP) is 6.91. The van der Waals surface area contributed by atoms with Gasteiger partial charge in [0.25, 0.3) is 0 Å². The summed E-state index contributed by atoms with van der Waals surface area (Å²) in [5, 5.41) is 18.8. The van der Waals surface area contributed by atoms with E-state index in [0.29, 0.717) is 25.9 Å². The van der Waals surface area contributed by atoms with Crippen LogP contribution in [0.4, 0.5) is 10.5 Å². The van der Waals surface area contributed by atoms with Crippen molar-refractivity contribution in [1.29, 1.82) is 0 Å². The van der Waals surface area contributed by atoms with Crippen LogP contribution in [0.2, 0.25) is 0 Å². The lowest BCUT2D eigenvalue weighted by molar-refractivity contribution is -0.101. The summed E-state index contributed by atoms with van der Waals surface area (Å²) in [6, 6.07) is 24.2. The van der Waals surface area contributed by atoms with E-state index in [0.717, 1.165) is 33.5 Å². The fourth-order valence-corrected chi connectivity index (χ4v) is 5.20. The second-order valence-corrected chi connectivity index (χ2v) is 10.2. The van der Waals surface area contributed by atoms with Crippen molar-refractivity contribution < 1.29 is 14.6 Å². The maximum Gasteiger partial charge on any atom is 0.411 e. The number of carbonyl (C=O) groups excluding carboxylic acids is 1. The molecule has 0 unspecified atom stereocenters. The summed E-state index contributed by atoms with van der Waals surface area (Å²) < 4.78 is 6.14. The average Bonchev–Trinajstić information content (AvgIpc) is 3.31. The highest BCUT2D eigenvalue weighted by molar-refractivity contribution is 5.71. The molecule has 1 saturated heterocycles. The van der Waals surface area contributed by atoms with E-state index in [4.69, 9.17) is 4.74 Å². The van der Waals surface area contributed by atoms with Gasteiger partial charge >= 0.3 is 6.09 Å². The Hall–Kier alpha value is -3.51. The zero-order valence-electron chi connectivity index (χ0n) is 20.4. The number of cyclic esters (lactones) is 1. The van der Waals surface area contributed by atoms with Gasteiger partial charge in [0.2, 0.25) is 0 Å². The van der Waals surface area contributed by atoms with Crippen LogP contribution in [-0.4, -0.2) is 28.2 Å². The van der Waals surface area contributed by atoms with Crippen LogP contribution in [-0.2, 0) is 16.9 Å². The zero-order valence-corrected chi connectivity index (χ0v) is 20.4. The first-order valence-corrected chi connectivity index (χ1v) is 12.1. The van der Waals surface area contributed by atoms with Crippen molar-refractivity contribution >= 4 is 11.8 Å². The van der Waals surface area contributed by atoms with Gasteiger partial charge in [-0.15, -0.1) is 0 Å². The van der Waals surface area contributed by atoms with E-state index in [1.807, 2.05) is 43.3 Å². The summed E-state index contributed by atoms with van der Waals surface area (Å²) in [6.07, 6.45) is 0.598. The zero-order chi connectivity index (χ0) is 24.6. The first-order chi connectivity index (χ1) is 16.7. The average molecular weight is 470 g/mol. The van der Waals surface area contributed by atoms with Gasteiger partial charge in [0.15, 0.2) is 0 Å². The van der Waals surface area contributed by atoms with E-state index in [-0.39, 0.29) is 12.1 Å². The Morgan fingerprint density at radius 2 is 1.77 bits per heavy atom. The Labute approximate surface area is 206 Å². The van der Waals surface area contributed by atoms with Crippen LogP contribution < -0.4 is 0 Å². The van der Waals surface area contributed by atoms with E-state index >= 15 is 0 Å². The molecule has 2 aliphatic rings. The van der Waals surface area contributed by atoms with Crippen molar-refractivity contribution in [3.8, 4) is 11.1 Å². The number of rotatable bonds is 6. The summed E-state index contributed by atoms with van der Waals surface area (Å²) in [4.78, 5) is 15.1. The third-order valence-electron chi connectivity index (χ3n) is 6.98. The van der Waals surface area contributed by atoms with Gasteiger partial charge in [0.05, 0.1) is 23.9 Å². The highest BCUT2D eigenvalue weighted by atomic mass is 16.6. The van der Waals surface area contributed by atoms with Gasteiger partial charge < -0.3 is 14.7 Å². The SMILES string of the molecule is C[C@@H](c1ccc(-c2ccc3c(c2)CN=N3)cc1)N1CC[C@](CC(C)(C)O)(c2ccccc2)OC1=O. The molecule has 0 aliphatic carbocycles. The van der Waals surface area contributed by atoms with Crippen LogP contribution in [0.5, 0.6) is 0 Å². The molecule has 2 heterocycles. The smallest absolute Gasteiger partial charge is 0.411 e. The number of amides is 1. The number of nitrogens with zero attached hydrogens (tertiary/aromatic N) is 3. The predicted molar refractivity (Wildman–Crippen MR) is 135 cm³/mol. The molecule has 2 atom stereocenters. The number of hydrogen-bond donors (Lipinski definition) is 1. The lowest BCUT2D eigenvalue weighted by atomic mass is 9.80. The molecule has 180 valence electrons. The Balaban J connectivity index is 1.33. The summed E-state index contributed by atoms with van der Waals surface area (Å²) >= 11 is 0. The lowest BCUT2D eigenvalue weighted by Crippen LogP contribution is -2.51. The molecule has 0 saturated carbocycles. The molecule has 3 aromatic rings. The van der Waals surface area contributed by atoms with Crippen LogP contribution in [0.25, 0.3) is 11.1 Å². The standard InChI is InChI=1S/C29H31N3O3/c1-20(21-9-11-22(12-10-21)23-13-14-26-24(17-23)18-30-31-26)32-16-15-29(35-27(32)33,19-28(2,3)34)25-7-5-4-6-8-25/h4-14,17,20,34H,15-16,18-19H2,1-3H3/t20-,29-/m0/s1. The normalized spacial score (nSPS) is 20.5. The minimum Gasteiger partial charge on any atom is -0.438 e. The maximum absolute atomic E-state index is 13.3. The second-order valence-electron chi connectivity index (χ2n) is 10.2. The fraction of sp³-hybridized carbons (Fsp3) is 0.345. The Bertz CT molecular complexity index is 1250. The molecule has 1 fully saturated rings. The quantitative estimate of drug-likeness (QED) is 0.426. The molecule has 0 bridgehead atoms. The maximum atomic E-state index is 13.3. The summed E-state index contributed by atoms with van der Waals surface area (Å²) in [7, 11) is 0. The molecule has 35 heavy (non-hydrogen) atoms. The first kappa shape index (κ1) is 23.2. The molecule has 6 nitrogen and oxygen atoms in total. The van der Waals surface area contributed by atoms with Gasteiger partial charge in [0.1, 0.15) is 5.60 Å². The Kier molecular flexibility index (Phi) is 5.93. The largest absolute Gasteiger partial charge is 0.438 e. The molecule has 0 spiro atoms. The van der Waals surface area contributed by atoms with Gasteiger partial charge in [-0.3, -0.25) is 0 Å². The number of benzene rings is 3. The monoisotopic (exact) mass is 469 g/mol. The topological polar surface area (TPSA) is 74.5 Å². The van der Waals surface area contributed by atoms with Crippen LogP contribution in [0, 0.1) is 0 Å². The van der Waals surface area contributed by atoms with Crippen LogP contribution in [0.1, 0.15) is 56.3 Å². The summed E-state index contributed by atoms with van der Waals surface area (Å²) in [6.45, 7) is 6.72. The second kappa shape index (κ2) is 8.93. The van der Waals surface area contributed by atoms with Crippen molar-refractivity contribution in [2.45, 2.75) is 57.4 Å². The van der Waals surface area contributed by atoms with Crippen molar-refractivity contribution in [3.05, 3.63) is 89.5 Å². The summed E-state index contributed by atoms with van der Waals surface area (Å²) in [5.41, 5.74) is 4.48. The van der Waals surface area contributed by atoms with Crippen molar-refractivity contribution in [3.63, 3.8) is 0 Å². The van der Waals surface area contributed by atoms with Gasteiger partial charge in [-0.25, -0.2) is 4.79 Å². The number of hydrogen-bond acceptors (Lipinski definition) is 5. The molecular weight excluding hydrogens is 438 g/mol. The molecule has 0 radical (unpaired) electrons. The van der Waals surface area contributed by atoms with E-state index in [9.17, 15) is 9.90 Å². The minimum atomic E-state index is -0.973. The molecule has 6 heteroatoms. The lowest BCUT2D eigenvalue weighted by Gasteiger charge is -2.45. The molecular formula is C29H31N3O3. The van der Waals surface area contributed by atoms with Gasteiger partial charge in [0, 0.05) is 24.9 Å². The number of fused-ring (bicyclic) bond motifs is 1. The van der Waals surface area contributed by atoms with Crippen LogP contribution in [0.15, 0.2) is 83.0 Å². The molecule has 2 aliphatic heterocycles. The molecule has 1 N–H and O–H groups in total. The van der Waals surface area contributed by atoms with Crippen molar-refractivity contribution in [1.82, 2.24) is 4.90 Å². The third kappa shape index (κ3) is 4.71. The minimum absolute atomic E-state index is 0.134. The van der Waals surface area contributed by atoms with Crippen LogP contribution in [0.3, 0.4) is 0 Å². The van der Waals surface area contributed by atoms with Crippen molar-refractivity contribution in [2.24, 2.45) is 10.2 Å². The number of azo groups is 1. The Morgan fingerprint density at radius 1 is 1.06 bits per heavy atom. The Morgan fingerprint density at radius 3 is 2.46 bits per heavy atom. The van der Waals surface area contributed by atoms with Gasteiger partial charge in [-0.1, -0.05) is 60.7 Å². The highest BCUT2D eigenvalue weighted by Gasteiger charge is 2.46. The van der Waals surface area contributed by atoms with Gasteiger partial charge in [-0.05, 0) is 55.2 Å². The van der Waals surface area contributed by atoms with Crippen LogP contribution >= 0.6 is 0 Å². The van der Waals surface area contributed by atoms with Crippen molar-refractivity contribution in [2.75, 3.05) is 6.54 Å². The molecule has 1 amide bonds. The first-order valence-electron chi connectivity index (χ1n) is 12.1. The highest BCUT2D eigenvalue weighted by Crippen LogP contribution is 2.42. The van der Waals surface area contributed by atoms with E-state index in [2.05, 4.69) is 46.6 Å². The van der Waals surface area contributed by atoms with E-state index < -0.39 is 11.2 Å². The molecule has 0 aromatic heterocycles. The number of aliphatic hydroxyl groups is 1. The molecule has 5 rings (SSSR count). The number of ether oxygens (including phenoxy) is 1. The van der Waals surface area contributed by atoms with Gasteiger partial charge in [-0.2, -0.15) is 10.2 Å². The van der Waals surface area contributed by atoms with E-state index in [1.165, 1.54) is 0 Å². The van der Waals surface area contributed by atoms with E-state index in [1.54, 1.807) is 18.7 Å². The summed E-state index contributed by atoms with van der Waals surface area (Å²) in [5.74, 6) is 0. The molecule has 3 aromatic carbocycles. The fourth-order valence-electron chi connectivity index (χ4n) is 5.20. The third-order valence-corrected chi connectivity index (χ3v) is 6.98.